The third kappa shape index (κ3) is 0.703. The fourth-order valence-electron chi connectivity index (χ4n) is 0.463. The molecule has 0 saturated carbocycles. The molecule has 1 N–H and O–H groups in total. The maximum Gasteiger partial charge on any atom is 0.311 e. The smallest absolute Gasteiger partial charge is 0.311 e. The second kappa shape index (κ2) is 1.69. The van der Waals surface area contributed by atoms with Crippen LogP contribution in [-0.2, 0) is 0 Å². The van der Waals surface area contributed by atoms with Gasteiger partial charge in [-0.1, -0.05) is 0 Å². The van der Waals surface area contributed by atoms with Crippen LogP contribution < -0.4 is 5.73 Å². The van der Waals surface area contributed by atoms with Gasteiger partial charge in [0.1, 0.15) is 5.69 Å². The third-order valence-electron chi connectivity index (χ3n) is 0.828. The van der Waals surface area contributed by atoms with Crippen LogP contribution in [-0.4, -0.2) is 10.9 Å². The molecule has 2 radical (unpaired) electrons. The van der Waals surface area contributed by atoms with Crippen molar-refractivity contribution in [3.63, 3.8) is 0 Å². The number of nitrogens with zero attached hydrogens (tertiary/aromatic N) is 1. The van der Waals surface area contributed by atoms with Crippen LogP contribution in [0.3, 0.4) is 0 Å². The van der Waals surface area contributed by atoms with Crippen LogP contribution in [0.4, 0.5) is 0 Å². The fraction of sp³-hybridized carbons (Fsp3) is 0. The van der Waals surface area contributed by atoms with Crippen molar-refractivity contribution in [1.82, 2.24) is 10.7 Å². The highest BCUT2D eigenvalue weighted by molar-refractivity contribution is 5.90. The van der Waals surface area contributed by atoms with Crippen LogP contribution in [0.25, 0.3) is 0 Å². The van der Waals surface area contributed by atoms with E-state index in [0.717, 1.165) is 0 Å². The highest BCUT2D eigenvalue weighted by Gasteiger charge is 1.98. The lowest BCUT2D eigenvalue weighted by Crippen LogP contribution is -1.97. The van der Waals surface area contributed by atoms with Crippen LogP contribution >= 0.6 is 0 Å². The van der Waals surface area contributed by atoms with E-state index in [1.165, 1.54) is 6.07 Å². The van der Waals surface area contributed by atoms with Gasteiger partial charge in [0.25, 0.3) is 0 Å². The molecule has 40 valence electrons. The largest absolute Gasteiger partial charge is 0.357 e. The molecule has 0 saturated heterocycles. The normalized spacial score (nSPS) is 9.00. The first-order chi connectivity index (χ1) is 3.80. The van der Waals surface area contributed by atoms with Gasteiger partial charge < -0.3 is 4.98 Å². The molecule has 3 nitrogen and oxygen atoms in total. The number of H-pyrrole nitrogens is 1. The molecule has 0 unspecified atom stereocenters. The molecule has 1 aromatic rings. The van der Waals surface area contributed by atoms with E-state index in [9.17, 15) is 4.79 Å². The van der Waals surface area contributed by atoms with Gasteiger partial charge in [-0.2, -0.15) is 0 Å². The SMILES string of the molecule is [N]C(=O)c1ccc[nH]1. The van der Waals surface area contributed by atoms with Gasteiger partial charge in [0, 0.05) is 6.20 Å². The number of aromatic amines is 1. The van der Waals surface area contributed by atoms with E-state index in [2.05, 4.69) is 4.98 Å². The zero-order chi connectivity index (χ0) is 5.98. The van der Waals surface area contributed by atoms with Gasteiger partial charge >= 0.3 is 5.91 Å². The van der Waals surface area contributed by atoms with Crippen LogP contribution in [0.2, 0.25) is 0 Å². The summed E-state index contributed by atoms with van der Waals surface area (Å²) >= 11 is 0. The molecule has 0 aliphatic heterocycles. The van der Waals surface area contributed by atoms with Gasteiger partial charge in [-0.3, -0.25) is 4.79 Å². The van der Waals surface area contributed by atoms with E-state index in [-0.39, 0.29) is 5.69 Å². The molecule has 0 aliphatic carbocycles. The Kier molecular flexibility index (Phi) is 1.04. The van der Waals surface area contributed by atoms with Crippen LogP contribution in [0, 0.1) is 0 Å². The first-order valence-electron chi connectivity index (χ1n) is 2.17. The number of hydrogen-bond acceptors (Lipinski definition) is 1. The lowest BCUT2D eigenvalue weighted by Gasteiger charge is -1.78. The van der Waals surface area contributed by atoms with Crippen molar-refractivity contribution in [1.29, 1.82) is 0 Å². The van der Waals surface area contributed by atoms with Gasteiger partial charge in [-0.15, -0.1) is 5.73 Å². The minimum absolute atomic E-state index is 0.227. The molecule has 1 rings (SSSR count). The number of amides is 1. The molecule has 0 bridgehead atoms. The summed E-state index contributed by atoms with van der Waals surface area (Å²) in [5.41, 5.74) is 8.47. The lowest BCUT2D eigenvalue weighted by molar-refractivity contribution is 0.0988. The number of hydrogen-bond donors (Lipinski definition) is 1. The predicted octanol–water partition coefficient (Wildman–Crippen LogP) is 0.224. The fourth-order valence-corrected chi connectivity index (χ4v) is 0.463. The van der Waals surface area contributed by atoms with Gasteiger partial charge in [0.2, 0.25) is 0 Å². The summed E-state index contributed by atoms with van der Waals surface area (Å²) in [6.07, 6.45) is 1.57. The maximum atomic E-state index is 10.0. The van der Waals surface area contributed by atoms with Gasteiger partial charge in [-0.05, 0) is 12.1 Å². The zero-order valence-corrected chi connectivity index (χ0v) is 4.09. The Morgan fingerprint density at radius 2 is 2.50 bits per heavy atom. The van der Waals surface area contributed by atoms with Gasteiger partial charge in [0.05, 0.1) is 0 Å². The maximum absolute atomic E-state index is 10.0. The van der Waals surface area contributed by atoms with Gasteiger partial charge in [0.15, 0.2) is 0 Å². The molecule has 3 heteroatoms. The van der Waals surface area contributed by atoms with E-state index in [1.807, 2.05) is 0 Å². The summed E-state index contributed by atoms with van der Waals surface area (Å²) in [6.45, 7) is 0. The van der Waals surface area contributed by atoms with Crippen molar-refractivity contribution >= 4 is 5.91 Å². The summed E-state index contributed by atoms with van der Waals surface area (Å²) in [4.78, 5) is 12.6. The molecule has 0 fully saturated rings. The summed E-state index contributed by atoms with van der Waals surface area (Å²) < 4.78 is 0. The van der Waals surface area contributed by atoms with Crippen molar-refractivity contribution in [3.05, 3.63) is 24.0 Å². The first kappa shape index (κ1) is 4.90. The molecule has 1 heterocycles. The Hall–Kier alpha value is -1.25. The Labute approximate surface area is 46.5 Å². The van der Waals surface area contributed by atoms with E-state index >= 15 is 0 Å². The zero-order valence-electron chi connectivity index (χ0n) is 4.09. The molecule has 0 spiro atoms. The Morgan fingerprint density at radius 1 is 1.75 bits per heavy atom. The van der Waals surface area contributed by atoms with Crippen molar-refractivity contribution in [2.75, 3.05) is 0 Å². The number of carbonyl (C=O) groups is 1. The standard InChI is InChI=1S/C5H4N2O/c6-5(8)4-2-1-3-7-4/h1-3,7H. The minimum atomic E-state index is -0.921. The van der Waals surface area contributed by atoms with Gasteiger partial charge in [-0.25, -0.2) is 0 Å². The molecule has 8 heavy (non-hydrogen) atoms. The molecule has 1 amide bonds. The molecule has 0 aliphatic rings. The molecule has 0 aromatic carbocycles. The Balaban J connectivity index is 2.93. The first-order valence-corrected chi connectivity index (χ1v) is 2.17. The number of aromatic nitrogens is 1. The third-order valence-corrected chi connectivity index (χ3v) is 0.828. The minimum Gasteiger partial charge on any atom is -0.357 e. The quantitative estimate of drug-likeness (QED) is 0.549. The summed E-state index contributed by atoms with van der Waals surface area (Å²) in [6, 6.07) is 3.14. The van der Waals surface area contributed by atoms with E-state index in [4.69, 9.17) is 5.73 Å². The number of nitrogens with one attached hydrogen (secondary N) is 1. The van der Waals surface area contributed by atoms with Crippen LogP contribution in [0.1, 0.15) is 10.5 Å². The molecule has 0 atom stereocenters. The highest BCUT2D eigenvalue weighted by atomic mass is 16.1. The number of rotatable bonds is 1. The summed E-state index contributed by atoms with van der Waals surface area (Å²) in [7, 11) is 0. The van der Waals surface area contributed by atoms with Crippen molar-refractivity contribution in [2.24, 2.45) is 0 Å². The average molecular weight is 108 g/mol. The predicted molar refractivity (Wildman–Crippen MR) is 27.3 cm³/mol. The van der Waals surface area contributed by atoms with E-state index < -0.39 is 5.91 Å². The van der Waals surface area contributed by atoms with Crippen LogP contribution in [0.15, 0.2) is 18.3 Å². The second-order valence-electron chi connectivity index (χ2n) is 1.39. The lowest BCUT2D eigenvalue weighted by atomic mass is 10.4. The van der Waals surface area contributed by atoms with Crippen LogP contribution in [0.5, 0.6) is 0 Å². The molecular formula is C5H4N2O. The Morgan fingerprint density at radius 3 is 2.75 bits per heavy atom. The second-order valence-corrected chi connectivity index (χ2v) is 1.39. The highest BCUT2D eigenvalue weighted by Crippen LogP contribution is 1.90. The van der Waals surface area contributed by atoms with E-state index in [0.29, 0.717) is 0 Å². The number of carbonyl (C=O) groups excluding carboxylic acids is 1. The topological polar surface area (TPSA) is 55.2 Å². The van der Waals surface area contributed by atoms with Crippen molar-refractivity contribution in [3.8, 4) is 0 Å². The average Bonchev–Trinajstić information content (AvgIpc) is 2.12. The van der Waals surface area contributed by atoms with E-state index in [1.54, 1.807) is 12.3 Å². The summed E-state index contributed by atoms with van der Waals surface area (Å²) in [5, 5.41) is 0. The molecular weight excluding hydrogens is 104 g/mol. The van der Waals surface area contributed by atoms with Crippen molar-refractivity contribution < 1.29 is 4.79 Å². The van der Waals surface area contributed by atoms with Crippen molar-refractivity contribution in [2.45, 2.75) is 0 Å². The monoisotopic (exact) mass is 108 g/mol. The molecule has 1 aromatic heterocycles. The summed E-state index contributed by atoms with van der Waals surface area (Å²) in [5.74, 6) is -0.921. The Bertz CT molecular complexity index is 178.